The molecule has 2 heterocycles. The topological polar surface area (TPSA) is 32.8 Å². The zero-order chi connectivity index (χ0) is 18.3. The molecule has 2 aromatic rings. The number of nitrogens with zero attached hydrogens (tertiary/aromatic N) is 2. The first-order valence-electron chi connectivity index (χ1n) is 9.03. The fourth-order valence-corrected chi connectivity index (χ4v) is 4.18. The highest BCUT2D eigenvalue weighted by Gasteiger charge is 2.43. The number of halogens is 1. The van der Waals surface area contributed by atoms with Crippen LogP contribution in [0, 0.1) is 12.7 Å². The molecule has 2 atom stereocenters. The number of piperidine rings is 1. The van der Waals surface area contributed by atoms with E-state index in [1.54, 1.807) is 18.2 Å². The van der Waals surface area contributed by atoms with Gasteiger partial charge in [-0.25, -0.2) is 4.39 Å². The molecule has 1 saturated heterocycles. The number of aryl methyl sites for hydroxylation is 1. The van der Waals surface area contributed by atoms with Crippen molar-refractivity contribution in [2.45, 2.75) is 25.3 Å². The van der Waals surface area contributed by atoms with E-state index >= 15 is 0 Å². The summed E-state index contributed by atoms with van der Waals surface area (Å²) in [6, 6.07) is 12.6. The predicted molar refractivity (Wildman–Crippen MR) is 99.2 cm³/mol. The molecule has 136 valence electrons. The lowest BCUT2D eigenvalue weighted by Gasteiger charge is -2.36. The molecule has 0 N–H and O–H groups in total. The van der Waals surface area contributed by atoms with Gasteiger partial charge < -0.3 is 14.5 Å². The maximum Gasteiger partial charge on any atom is 0.265 e. The van der Waals surface area contributed by atoms with E-state index in [9.17, 15) is 9.18 Å². The Morgan fingerprint density at radius 2 is 2.08 bits per heavy atom. The van der Waals surface area contributed by atoms with Crippen LogP contribution < -0.4 is 9.64 Å². The molecule has 4 nitrogen and oxygen atoms in total. The summed E-state index contributed by atoms with van der Waals surface area (Å²) in [6.45, 7) is 3.83. The number of amides is 1. The largest absolute Gasteiger partial charge is 0.481 e. The van der Waals surface area contributed by atoms with Crippen molar-refractivity contribution in [1.82, 2.24) is 4.90 Å². The SMILES string of the molecule is Cc1ccc2c(c1)[C@@H]1CN(C)CC[C@@H]1N2C(=O)COc1ccccc1F. The molecule has 4 rings (SSSR count). The molecule has 1 amide bonds. The first-order chi connectivity index (χ1) is 12.5. The van der Waals surface area contributed by atoms with Crippen LogP contribution in [0.3, 0.4) is 0 Å². The maximum atomic E-state index is 13.8. The van der Waals surface area contributed by atoms with Crippen LogP contribution in [0.25, 0.3) is 0 Å². The van der Waals surface area contributed by atoms with Gasteiger partial charge in [-0.15, -0.1) is 0 Å². The van der Waals surface area contributed by atoms with Crippen molar-refractivity contribution in [3.05, 3.63) is 59.4 Å². The molecular formula is C21H23FN2O2. The molecule has 0 bridgehead atoms. The lowest BCUT2D eigenvalue weighted by molar-refractivity contribution is -0.121. The predicted octanol–water partition coefficient (Wildman–Crippen LogP) is 3.35. The van der Waals surface area contributed by atoms with Crippen LogP contribution in [0.4, 0.5) is 10.1 Å². The fourth-order valence-electron chi connectivity index (χ4n) is 4.18. The van der Waals surface area contributed by atoms with Gasteiger partial charge in [-0.05, 0) is 50.7 Å². The zero-order valence-corrected chi connectivity index (χ0v) is 15.1. The summed E-state index contributed by atoms with van der Waals surface area (Å²) in [4.78, 5) is 17.2. The molecule has 0 saturated carbocycles. The standard InChI is InChI=1S/C21H23FN2O2/c1-14-7-8-18-15(11-14)16-12-23(2)10-9-19(16)24(18)21(25)13-26-20-6-4-3-5-17(20)22/h3-8,11,16,19H,9-10,12-13H2,1-2H3/t16-,19-/m0/s1. The molecule has 5 heteroatoms. The Labute approximate surface area is 153 Å². The maximum absolute atomic E-state index is 13.8. The minimum atomic E-state index is -0.449. The second-order valence-electron chi connectivity index (χ2n) is 7.27. The lowest BCUT2D eigenvalue weighted by atomic mass is 9.89. The summed E-state index contributed by atoms with van der Waals surface area (Å²) in [5, 5.41) is 0. The number of fused-ring (bicyclic) bond motifs is 3. The Morgan fingerprint density at radius 1 is 1.27 bits per heavy atom. The Morgan fingerprint density at radius 3 is 2.88 bits per heavy atom. The van der Waals surface area contributed by atoms with Gasteiger partial charge in [0.15, 0.2) is 18.2 Å². The summed E-state index contributed by atoms with van der Waals surface area (Å²) >= 11 is 0. The average Bonchev–Trinajstić information content (AvgIpc) is 2.94. The molecule has 2 aromatic carbocycles. The van der Waals surface area contributed by atoms with E-state index in [2.05, 4.69) is 24.9 Å². The van der Waals surface area contributed by atoms with E-state index in [0.717, 1.165) is 25.2 Å². The summed E-state index contributed by atoms with van der Waals surface area (Å²) in [5.74, 6) is -0.129. The van der Waals surface area contributed by atoms with Crippen molar-refractivity contribution in [1.29, 1.82) is 0 Å². The summed E-state index contributed by atoms with van der Waals surface area (Å²) in [5.41, 5.74) is 3.41. The molecule has 2 aliphatic heterocycles. The van der Waals surface area contributed by atoms with Crippen molar-refractivity contribution < 1.29 is 13.9 Å². The Hall–Kier alpha value is -2.40. The van der Waals surface area contributed by atoms with Crippen LogP contribution in [0.2, 0.25) is 0 Å². The van der Waals surface area contributed by atoms with Gasteiger partial charge in [0, 0.05) is 24.2 Å². The Bertz CT molecular complexity index is 839. The van der Waals surface area contributed by atoms with Crippen molar-refractivity contribution in [2.75, 3.05) is 31.6 Å². The summed E-state index contributed by atoms with van der Waals surface area (Å²) < 4.78 is 19.2. The molecule has 0 aromatic heterocycles. The smallest absolute Gasteiger partial charge is 0.265 e. The van der Waals surface area contributed by atoms with Gasteiger partial charge in [0.05, 0.1) is 0 Å². The molecule has 26 heavy (non-hydrogen) atoms. The van der Waals surface area contributed by atoms with E-state index in [1.165, 1.54) is 17.2 Å². The number of carbonyl (C=O) groups is 1. The van der Waals surface area contributed by atoms with E-state index < -0.39 is 5.82 Å². The van der Waals surface area contributed by atoms with Crippen molar-refractivity contribution in [3.63, 3.8) is 0 Å². The quantitative estimate of drug-likeness (QED) is 0.847. The van der Waals surface area contributed by atoms with Crippen LogP contribution in [-0.4, -0.2) is 43.6 Å². The van der Waals surface area contributed by atoms with E-state index in [0.29, 0.717) is 5.92 Å². The number of benzene rings is 2. The monoisotopic (exact) mass is 354 g/mol. The third kappa shape index (κ3) is 2.97. The third-order valence-corrected chi connectivity index (χ3v) is 5.41. The molecule has 2 aliphatic rings. The molecule has 0 spiro atoms. The highest BCUT2D eigenvalue weighted by atomic mass is 19.1. The van der Waals surface area contributed by atoms with Gasteiger partial charge >= 0.3 is 0 Å². The van der Waals surface area contributed by atoms with Gasteiger partial charge in [-0.1, -0.05) is 29.8 Å². The normalized spacial score (nSPS) is 22.0. The number of para-hydroxylation sites is 1. The van der Waals surface area contributed by atoms with Gasteiger partial charge in [0.1, 0.15) is 0 Å². The number of likely N-dealkylation sites (N-methyl/N-ethyl adjacent to an activating group) is 1. The molecule has 0 radical (unpaired) electrons. The van der Waals surface area contributed by atoms with E-state index in [1.807, 2.05) is 17.0 Å². The third-order valence-electron chi connectivity index (χ3n) is 5.41. The number of ether oxygens (including phenoxy) is 1. The van der Waals surface area contributed by atoms with Crippen molar-refractivity contribution >= 4 is 11.6 Å². The van der Waals surface area contributed by atoms with Crippen LogP contribution in [0.15, 0.2) is 42.5 Å². The lowest BCUT2D eigenvalue weighted by Crippen LogP contribution is -2.48. The Kier molecular flexibility index (Phi) is 4.41. The van der Waals surface area contributed by atoms with Crippen LogP contribution in [0.1, 0.15) is 23.5 Å². The van der Waals surface area contributed by atoms with E-state index in [4.69, 9.17) is 4.74 Å². The van der Waals surface area contributed by atoms with Crippen molar-refractivity contribution in [2.24, 2.45) is 0 Å². The number of hydrogen-bond donors (Lipinski definition) is 0. The van der Waals surface area contributed by atoms with Gasteiger partial charge in [-0.2, -0.15) is 0 Å². The summed E-state index contributed by atoms with van der Waals surface area (Å²) in [7, 11) is 2.12. The van der Waals surface area contributed by atoms with Gasteiger partial charge in [-0.3, -0.25) is 4.79 Å². The van der Waals surface area contributed by atoms with Crippen LogP contribution in [-0.2, 0) is 4.79 Å². The Balaban J connectivity index is 1.59. The summed E-state index contributed by atoms with van der Waals surface area (Å²) in [6.07, 6.45) is 0.931. The number of hydrogen-bond acceptors (Lipinski definition) is 3. The molecule has 0 aliphatic carbocycles. The number of anilines is 1. The fraction of sp³-hybridized carbons (Fsp3) is 0.381. The zero-order valence-electron chi connectivity index (χ0n) is 15.1. The molecule has 0 unspecified atom stereocenters. The van der Waals surface area contributed by atoms with Crippen molar-refractivity contribution in [3.8, 4) is 5.75 Å². The average molecular weight is 354 g/mol. The molecule has 1 fully saturated rings. The first kappa shape index (κ1) is 17.0. The minimum Gasteiger partial charge on any atom is -0.481 e. The minimum absolute atomic E-state index is 0.115. The van der Waals surface area contributed by atoms with Crippen LogP contribution in [0.5, 0.6) is 5.75 Å². The first-order valence-corrected chi connectivity index (χ1v) is 9.03. The highest BCUT2D eigenvalue weighted by Crippen LogP contribution is 2.44. The van der Waals surface area contributed by atoms with E-state index in [-0.39, 0.29) is 24.3 Å². The highest BCUT2D eigenvalue weighted by molar-refractivity contribution is 5.98. The number of carbonyl (C=O) groups excluding carboxylic acids is 1. The second kappa shape index (κ2) is 6.72. The van der Waals surface area contributed by atoms with Gasteiger partial charge in [0.2, 0.25) is 0 Å². The number of likely N-dealkylation sites (tertiary alicyclic amines) is 1. The van der Waals surface area contributed by atoms with Crippen LogP contribution >= 0.6 is 0 Å². The van der Waals surface area contributed by atoms with Gasteiger partial charge in [0.25, 0.3) is 5.91 Å². The molecular weight excluding hydrogens is 331 g/mol. The second-order valence-corrected chi connectivity index (χ2v) is 7.27. The number of rotatable bonds is 3.